The normalized spacial score (nSPS) is 14.2. The zero-order valence-corrected chi connectivity index (χ0v) is 12.3. The first-order valence-electron chi connectivity index (χ1n) is 5.46. The Morgan fingerprint density at radius 2 is 1.79 bits per heavy atom. The molecule has 0 aromatic heterocycles. The summed E-state index contributed by atoms with van der Waals surface area (Å²) in [5, 5.41) is 10.9. The molecule has 0 saturated heterocycles. The van der Waals surface area contributed by atoms with E-state index in [1.54, 1.807) is 18.2 Å². The Hall–Kier alpha value is -0.970. The van der Waals surface area contributed by atoms with Crippen LogP contribution in [0.1, 0.15) is 18.1 Å². The van der Waals surface area contributed by atoms with Crippen LogP contribution in [0.5, 0.6) is 0 Å². The predicted molar refractivity (Wildman–Crippen MR) is 74.2 cm³/mol. The van der Waals surface area contributed by atoms with Gasteiger partial charge in [0.2, 0.25) is 0 Å². The summed E-state index contributed by atoms with van der Waals surface area (Å²) in [5.74, 6) is -1.97. The van der Waals surface area contributed by atoms with Crippen LogP contribution in [-0.4, -0.2) is 5.11 Å². The lowest BCUT2D eigenvalue weighted by Crippen LogP contribution is -2.23. The van der Waals surface area contributed by atoms with E-state index in [1.165, 1.54) is 13.0 Å². The topological polar surface area (TPSA) is 20.2 Å². The fourth-order valence-electron chi connectivity index (χ4n) is 1.84. The molecule has 0 heterocycles. The van der Waals surface area contributed by atoms with Crippen LogP contribution >= 0.6 is 27.5 Å². The van der Waals surface area contributed by atoms with E-state index < -0.39 is 17.2 Å². The number of aliphatic hydroxyl groups is 1. The molecule has 0 aliphatic carbocycles. The molecule has 100 valence electrons. The van der Waals surface area contributed by atoms with Crippen LogP contribution < -0.4 is 0 Å². The molecule has 1 N–H and O–H groups in total. The highest BCUT2D eigenvalue weighted by Crippen LogP contribution is 2.35. The molecule has 0 aliphatic rings. The first-order chi connectivity index (χ1) is 8.82. The minimum absolute atomic E-state index is 0.232. The van der Waals surface area contributed by atoms with Crippen LogP contribution in [-0.2, 0) is 5.60 Å². The minimum atomic E-state index is -1.51. The second-order valence-corrected chi connectivity index (χ2v) is 5.65. The Morgan fingerprint density at radius 3 is 2.37 bits per heavy atom. The van der Waals surface area contributed by atoms with Crippen molar-refractivity contribution in [2.45, 2.75) is 12.5 Å². The van der Waals surface area contributed by atoms with Crippen molar-refractivity contribution in [1.29, 1.82) is 0 Å². The fourth-order valence-corrected chi connectivity index (χ4v) is 2.70. The monoisotopic (exact) mass is 346 g/mol. The zero-order chi connectivity index (χ0) is 14.2. The lowest BCUT2D eigenvalue weighted by Gasteiger charge is -2.25. The molecule has 1 atom stereocenters. The Kier molecular flexibility index (Phi) is 3.95. The molecule has 0 saturated carbocycles. The maximum absolute atomic E-state index is 13.3. The summed E-state index contributed by atoms with van der Waals surface area (Å²) in [7, 11) is 0. The van der Waals surface area contributed by atoms with Crippen molar-refractivity contribution in [1.82, 2.24) is 0 Å². The van der Waals surface area contributed by atoms with Gasteiger partial charge in [-0.3, -0.25) is 0 Å². The van der Waals surface area contributed by atoms with Crippen LogP contribution in [0.25, 0.3) is 0 Å². The molecule has 1 unspecified atom stereocenters. The largest absolute Gasteiger partial charge is 0.381 e. The Morgan fingerprint density at radius 1 is 1.11 bits per heavy atom. The number of hydrogen-bond acceptors (Lipinski definition) is 1. The first-order valence-corrected chi connectivity index (χ1v) is 6.63. The first kappa shape index (κ1) is 14.4. The van der Waals surface area contributed by atoms with Gasteiger partial charge in [0.25, 0.3) is 0 Å². The van der Waals surface area contributed by atoms with Crippen molar-refractivity contribution >= 4 is 27.5 Å². The molecule has 0 spiro atoms. The maximum Gasteiger partial charge on any atom is 0.159 e. The molecular weight excluding hydrogens is 338 g/mol. The third-order valence-corrected chi connectivity index (χ3v) is 3.74. The lowest BCUT2D eigenvalue weighted by atomic mass is 9.88. The van der Waals surface area contributed by atoms with E-state index in [2.05, 4.69) is 15.9 Å². The smallest absolute Gasteiger partial charge is 0.159 e. The van der Waals surface area contributed by atoms with E-state index in [9.17, 15) is 13.9 Å². The fraction of sp³-hybridized carbons (Fsp3) is 0.143. The van der Waals surface area contributed by atoms with Crippen molar-refractivity contribution in [3.63, 3.8) is 0 Å². The number of benzene rings is 2. The maximum atomic E-state index is 13.3. The van der Waals surface area contributed by atoms with Crippen molar-refractivity contribution < 1.29 is 13.9 Å². The van der Waals surface area contributed by atoms with E-state index in [0.717, 1.165) is 16.6 Å². The SMILES string of the molecule is CC(O)(c1ccc(F)c(F)c1)c1ccc(Br)cc1Cl. The molecule has 0 amide bonds. The highest BCUT2D eigenvalue weighted by molar-refractivity contribution is 9.10. The van der Waals surface area contributed by atoms with Gasteiger partial charge in [-0.2, -0.15) is 0 Å². The predicted octanol–water partition coefficient (Wildman–Crippen LogP) is 4.64. The van der Waals surface area contributed by atoms with Crippen molar-refractivity contribution in [2.24, 2.45) is 0 Å². The lowest BCUT2D eigenvalue weighted by molar-refractivity contribution is 0.102. The Labute approximate surface area is 123 Å². The highest BCUT2D eigenvalue weighted by Gasteiger charge is 2.29. The molecule has 2 aromatic rings. The summed E-state index contributed by atoms with van der Waals surface area (Å²) in [6.45, 7) is 1.48. The minimum Gasteiger partial charge on any atom is -0.381 e. The molecule has 0 fully saturated rings. The van der Waals surface area contributed by atoms with Gasteiger partial charge in [0, 0.05) is 15.1 Å². The van der Waals surface area contributed by atoms with E-state index in [4.69, 9.17) is 11.6 Å². The van der Waals surface area contributed by atoms with Crippen molar-refractivity contribution in [3.05, 3.63) is 68.7 Å². The van der Waals surface area contributed by atoms with Gasteiger partial charge in [0.1, 0.15) is 5.60 Å². The molecule has 5 heteroatoms. The molecule has 2 rings (SSSR count). The van der Waals surface area contributed by atoms with Gasteiger partial charge in [0.05, 0.1) is 0 Å². The molecule has 0 bridgehead atoms. The summed E-state index contributed by atoms with van der Waals surface area (Å²) in [6.07, 6.45) is 0. The van der Waals surface area contributed by atoms with Gasteiger partial charge in [-0.05, 0) is 36.8 Å². The molecular formula is C14H10BrClF2O. The molecule has 19 heavy (non-hydrogen) atoms. The van der Waals surface area contributed by atoms with Gasteiger partial charge in [-0.1, -0.05) is 39.7 Å². The summed E-state index contributed by atoms with van der Waals surface area (Å²) < 4.78 is 27.0. The summed E-state index contributed by atoms with van der Waals surface area (Å²) in [6, 6.07) is 8.25. The highest BCUT2D eigenvalue weighted by atomic mass is 79.9. The van der Waals surface area contributed by atoms with E-state index in [0.29, 0.717) is 10.6 Å². The average Bonchev–Trinajstić information content (AvgIpc) is 2.32. The summed E-state index contributed by atoms with van der Waals surface area (Å²) in [5.41, 5.74) is -0.856. The second-order valence-electron chi connectivity index (χ2n) is 4.33. The molecule has 0 aliphatic heterocycles. The summed E-state index contributed by atoms with van der Waals surface area (Å²) >= 11 is 9.34. The average molecular weight is 348 g/mol. The van der Waals surface area contributed by atoms with E-state index in [1.807, 2.05) is 0 Å². The van der Waals surface area contributed by atoms with Crippen LogP contribution in [0.15, 0.2) is 40.9 Å². The molecule has 2 aromatic carbocycles. The quantitative estimate of drug-likeness (QED) is 0.839. The van der Waals surface area contributed by atoms with E-state index >= 15 is 0 Å². The van der Waals surface area contributed by atoms with Crippen LogP contribution in [0.3, 0.4) is 0 Å². The Balaban J connectivity index is 2.54. The van der Waals surface area contributed by atoms with Gasteiger partial charge in [-0.15, -0.1) is 0 Å². The number of halogens is 4. The van der Waals surface area contributed by atoms with Crippen LogP contribution in [0.4, 0.5) is 8.78 Å². The molecule has 0 radical (unpaired) electrons. The Bertz CT molecular complexity index is 629. The van der Waals surface area contributed by atoms with Crippen LogP contribution in [0, 0.1) is 11.6 Å². The third-order valence-electron chi connectivity index (χ3n) is 2.94. The van der Waals surface area contributed by atoms with Gasteiger partial charge in [0.15, 0.2) is 11.6 Å². The molecule has 1 nitrogen and oxygen atoms in total. The van der Waals surface area contributed by atoms with Crippen molar-refractivity contribution in [3.8, 4) is 0 Å². The van der Waals surface area contributed by atoms with E-state index in [-0.39, 0.29) is 5.56 Å². The number of hydrogen-bond donors (Lipinski definition) is 1. The standard InChI is InChI=1S/C14H10BrClF2O/c1-14(19,8-2-5-12(17)13(18)6-8)10-4-3-9(15)7-11(10)16/h2-7,19H,1H3. The number of rotatable bonds is 2. The zero-order valence-electron chi connectivity index (χ0n) is 9.92. The van der Waals surface area contributed by atoms with Crippen LogP contribution in [0.2, 0.25) is 5.02 Å². The van der Waals surface area contributed by atoms with Gasteiger partial charge in [-0.25, -0.2) is 8.78 Å². The van der Waals surface area contributed by atoms with Crippen molar-refractivity contribution in [2.75, 3.05) is 0 Å². The second kappa shape index (κ2) is 5.19. The van der Waals surface area contributed by atoms with Gasteiger partial charge < -0.3 is 5.11 Å². The summed E-state index contributed by atoms with van der Waals surface area (Å²) in [4.78, 5) is 0. The third kappa shape index (κ3) is 2.81. The van der Waals surface area contributed by atoms with Gasteiger partial charge >= 0.3 is 0 Å².